The van der Waals surface area contributed by atoms with Gasteiger partial charge in [-0.1, -0.05) is 67.9 Å². The minimum absolute atomic E-state index is 0.202. The average molecular weight is 503 g/mol. The third-order valence-corrected chi connectivity index (χ3v) is 6.48. The van der Waals surface area contributed by atoms with E-state index in [1.54, 1.807) is 35.2 Å². The molecule has 0 atom stereocenters. The third kappa shape index (κ3) is 4.38. The monoisotopic (exact) mass is 502 g/mol. The van der Waals surface area contributed by atoms with Crippen LogP contribution in [0.4, 0.5) is 4.39 Å². The molecule has 0 radical (unpaired) electrons. The summed E-state index contributed by atoms with van der Waals surface area (Å²) in [4.78, 5) is 31.8. The summed E-state index contributed by atoms with van der Waals surface area (Å²) in [7, 11) is 0. The topological polar surface area (TPSA) is 61.8 Å². The van der Waals surface area contributed by atoms with Crippen LogP contribution in [0.1, 0.15) is 36.5 Å². The van der Waals surface area contributed by atoms with Gasteiger partial charge in [0.25, 0.3) is 5.56 Å². The zero-order chi connectivity index (χ0) is 25.4. The van der Waals surface area contributed by atoms with E-state index in [1.165, 1.54) is 10.6 Å². The zero-order valence-corrected chi connectivity index (χ0v) is 20.6. The summed E-state index contributed by atoms with van der Waals surface area (Å²) in [6, 6.07) is 21.0. The van der Waals surface area contributed by atoms with Gasteiger partial charge in [0.1, 0.15) is 5.82 Å². The molecular formula is C28H24ClFN4O2. The minimum atomic E-state index is -0.582. The second-order valence-corrected chi connectivity index (χ2v) is 9.46. The van der Waals surface area contributed by atoms with Crippen LogP contribution in [0.25, 0.3) is 16.9 Å². The van der Waals surface area contributed by atoms with E-state index in [2.05, 4.69) is 18.8 Å². The number of rotatable bonds is 6. The van der Waals surface area contributed by atoms with Gasteiger partial charge in [-0.3, -0.25) is 9.36 Å². The second kappa shape index (κ2) is 9.59. The molecule has 0 aliphatic carbocycles. The maximum absolute atomic E-state index is 14.5. The van der Waals surface area contributed by atoms with Crippen molar-refractivity contribution < 1.29 is 4.39 Å². The van der Waals surface area contributed by atoms with Crippen LogP contribution in [-0.2, 0) is 13.1 Å². The molecule has 2 aromatic heterocycles. The van der Waals surface area contributed by atoms with Crippen LogP contribution in [0.3, 0.4) is 0 Å². The molecule has 0 spiro atoms. The number of benzene rings is 3. The highest BCUT2D eigenvalue weighted by Crippen LogP contribution is 2.20. The van der Waals surface area contributed by atoms with Gasteiger partial charge in [0.2, 0.25) is 0 Å². The highest BCUT2D eigenvalue weighted by Gasteiger charge is 2.20. The van der Waals surface area contributed by atoms with Crippen molar-refractivity contribution >= 4 is 22.8 Å². The molecule has 0 aliphatic rings. The van der Waals surface area contributed by atoms with E-state index in [-0.39, 0.29) is 23.3 Å². The number of nitrogens with zero attached hydrogens (tertiary/aromatic N) is 4. The number of hydrogen-bond acceptors (Lipinski definition) is 3. The molecule has 0 fully saturated rings. The van der Waals surface area contributed by atoms with Crippen LogP contribution < -0.4 is 11.2 Å². The SMILES string of the molecule is CC(C)c1ccc(-n2c(=O)n(Cc3ccccc3F)c(=O)c3c2ncn3Cc2cccc(Cl)c2)cc1. The van der Waals surface area contributed by atoms with Gasteiger partial charge in [-0.15, -0.1) is 0 Å². The molecule has 0 saturated heterocycles. The van der Waals surface area contributed by atoms with Crippen LogP contribution >= 0.6 is 11.6 Å². The fraction of sp³-hybridized carbons (Fsp3) is 0.179. The third-order valence-electron chi connectivity index (χ3n) is 6.25. The standard InChI is InChI=1S/C28H24ClFN4O2/c1-18(2)20-10-12-23(13-11-20)34-26-25(32(17-31-26)15-19-6-5-8-22(29)14-19)27(35)33(28(34)36)16-21-7-3-4-9-24(21)30/h3-14,17-18H,15-16H2,1-2H3. The Morgan fingerprint density at radius 3 is 2.39 bits per heavy atom. The summed E-state index contributed by atoms with van der Waals surface area (Å²) >= 11 is 6.15. The Morgan fingerprint density at radius 1 is 0.944 bits per heavy atom. The van der Waals surface area contributed by atoms with Gasteiger partial charge in [0.15, 0.2) is 11.2 Å². The summed E-state index contributed by atoms with van der Waals surface area (Å²) in [6.07, 6.45) is 1.54. The highest BCUT2D eigenvalue weighted by molar-refractivity contribution is 6.30. The van der Waals surface area contributed by atoms with Crippen molar-refractivity contribution in [3.05, 3.63) is 127 Å². The maximum atomic E-state index is 14.5. The normalized spacial score (nSPS) is 11.5. The Labute approximate surface area is 211 Å². The Kier molecular flexibility index (Phi) is 6.33. The van der Waals surface area contributed by atoms with E-state index < -0.39 is 17.1 Å². The fourth-order valence-corrected chi connectivity index (χ4v) is 4.52. The molecule has 5 rings (SSSR count). The van der Waals surface area contributed by atoms with Crippen molar-refractivity contribution in [1.82, 2.24) is 18.7 Å². The van der Waals surface area contributed by atoms with Crippen molar-refractivity contribution in [3.8, 4) is 5.69 Å². The molecule has 3 aromatic carbocycles. The zero-order valence-electron chi connectivity index (χ0n) is 19.9. The fourth-order valence-electron chi connectivity index (χ4n) is 4.31. The molecule has 36 heavy (non-hydrogen) atoms. The Bertz CT molecular complexity index is 1680. The quantitative estimate of drug-likeness (QED) is 0.314. The van der Waals surface area contributed by atoms with E-state index in [0.29, 0.717) is 23.2 Å². The van der Waals surface area contributed by atoms with E-state index in [4.69, 9.17) is 11.6 Å². The van der Waals surface area contributed by atoms with Crippen LogP contribution in [0.5, 0.6) is 0 Å². The van der Waals surface area contributed by atoms with Crippen LogP contribution in [0.15, 0.2) is 88.7 Å². The predicted molar refractivity (Wildman–Crippen MR) is 140 cm³/mol. The number of imidazole rings is 1. The molecule has 0 amide bonds. The van der Waals surface area contributed by atoms with Crippen molar-refractivity contribution in [2.75, 3.05) is 0 Å². The molecule has 8 heteroatoms. The van der Waals surface area contributed by atoms with Gasteiger partial charge in [0.05, 0.1) is 18.6 Å². The first-order chi connectivity index (χ1) is 17.3. The molecule has 6 nitrogen and oxygen atoms in total. The van der Waals surface area contributed by atoms with Crippen molar-refractivity contribution in [1.29, 1.82) is 0 Å². The largest absolute Gasteiger partial charge is 0.337 e. The molecule has 182 valence electrons. The average Bonchev–Trinajstić information content (AvgIpc) is 3.26. The summed E-state index contributed by atoms with van der Waals surface area (Å²) in [5, 5.41) is 0.580. The van der Waals surface area contributed by atoms with Crippen molar-refractivity contribution in [2.45, 2.75) is 32.9 Å². The van der Waals surface area contributed by atoms with E-state index in [1.807, 2.05) is 42.5 Å². The van der Waals surface area contributed by atoms with Gasteiger partial charge in [-0.25, -0.2) is 18.7 Å². The van der Waals surface area contributed by atoms with Gasteiger partial charge in [-0.05, 0) is 47.4 Å². The van der Waals surface area contributed by atoms with E-state index in [0.717, 1.165) is 15.7 Å². The number of fused-ring (bicyclic) bond motifs is 1. The van der Waals surface area contributed by atoms with Crippen molar-refractivity contribution in [3.63, 3.8) is 0 Å². The first-order valence-corrected chi connectivity index (χ1v) is 12.0. The lowest BCUT2D eigenvalue weighted by atomic mass is 10.0. The summed E-state index contributed by atoms with van der Waals surface area (Å²) in [5.74, 6) is -0.160. The predicted octanol–water partition coefficient (Wildman–Crippen LogP) is 5.36. The molecular weight excluding hydrogens is 479 g/mol. The lowest BCUT2D eigenvalue weighted by Gasteiger charge is -2.14. The Hall–Kier alpha value is -3.97. The van der Waals surface area contributed by atoms with Gasteiger partial charge in [0, 0.05) is 17.1 Å². The first kappa shape index (κ1) is 23.8. The molecule has 0 saturated carbocycles. The van der Waals surface area contributed by atoms with E-state index >= 15 is 0 Å². The van der Waals surface area contributed by atoms with Gasteiger partial charge < -0.3 is 4.57 Å². The smallest absolute Gasteiger partial charge is 0.320 e. The van der Waals surface area contributed by atoms with Crippen LogP contribution in [0.2, 0.25) is 5.02 Å². The molecule has 0 N–H and O–H groups in total. The minimum Gasteiger partial charge on any atom is -0.320 e. The molecule has 0 unspecified atom stereocenters. The lowest BCUT2D eigenvalue weighted by molar-refractivity contribution is 0.586. The van der Waals surface area contributed by atoms with E-state index in [9.17, 15) is 14.0 Å². The molecule has 2 heterocycles. The van der Waals surface area contributed by atoms with Crippen LogP contribution in [0, 0.1) is 5.82 Å². The van der Waals surface area contributed by atoms with Crippen molar-refractivity contribution in [2.24, 2.45) is 0 Å². The molecule has 0 bridgehead atoms. The van der Waals surface area contributed by atoms with Crippen LogP contribution in [-0.4, -0.2) is 18.7 Å². The maximum Gasteiger partial charge on any atom is 0.337 e. The number of hydrogen-bond donors (Lipinski definition) is 0. The first-order valence-electron chi connectivity index (χ1n) is 11.6. The number of aromatic nitrogens is 4. The molecule has 0 aliphatic heterocycles. The van der Waals surface area contributed by atoms with Gasteiger partial charge >= 0.3 is 5.69 Å². The van der Waals surface area contributed by atoms with Gasteiger partial charge in [-0.2, -0.15) is 0 Å². The Balaban J connectivity index is 1.75. The summed E-state index contributed by atoms with van der Waals surface area (Å²) in [5.41, 5.74) is 2.19. The second-order valence-electron chi connectivity index (χ2n) is 9.02. The summed E-state index contributed by atoms with van der Waals surface area (Å²) in [6.45, 7) is 4.31. The lowest BCUT2D eigenvalue weighted by Crippen LogP contribution is -2.40. The Morgan fingerprint density at radius 2 is 1.69 bits per heavy atom. The highest BCUT2D eigenvalue weighted by atomic mass is 35.5. The molecule has 5 aromatic rings. The number of halogens is 2. The summed E-state index contributed by atoms with van der Waals surface area (Å²) < 4.78 is 18.7.